The summed E-state index contributed by atoms with van der Waals surface area (Å²) in [6.07, 6.45) is -2.56. The van der Waals surface area contributed by atoms with Gasteiger partial charge in [0.2, 0.25) is 0 Å². The van der Waals surface area contributed by atoms with Gasteiger partial charge in [-0.3, -0.25) is 0 Å². The van der Waals surface area contributed by atoms with E-state index >= 15 is 0 Å². The Kier molecular flexibility index (Phi) is 4.28. The first-order chi connectivity index (χ1) is 8.87. The van der Waals surface area contributed by atoms with E-state index in [2.05, 4.69) is 4.74 Å². The fraction of sp³-hybridized carbons (Fsp3) is 0.333. The Bertz CT molecular complexity index is 580. The largest absolute Gasteiger partial charge is 0.411 e. The Balaban J connectivity index is 2.05. The van der Waals surface area contributed by atoms with Gasteiger partial charge >= 0.3 is 6.18 Å². The third-order valence-corrected chi connectivity index (χ3v) is 3.08. The average Bonchev–Trinajstić information content (AvgIpc) is 2.66. The highest BCUT2D eigenvalue weighted by molar-refractivity contribution is 6.38. The maximum atomic E-state index is 11.9. The summed E-state index contributed by atoms with van der Waals surface area (Å²) in [6, 6.07) is 5.13. The molecular weight excluding hydrogens is 302 g/mol. The van der Waals surface area contributed by atoms with E-state index in [1.165, 1.54) is 0 Å². The van der Waals surface area contributed by atoms with E-state index in [9.17, 15) is 13.2 Å². The molecule has 0 bridgehead atoms. The van der Waals surface area contributed by atoms with E-state index in [1.54, 1.807) is 29.0 Å². The highest BCUT2D eigenvalue weighted by Gasteiger charge is 2.27. The minimum Gasteiger partial charge on any atom is -0.370 e. The number of alkyl halides is 3. The van der Waals surface area contributed by atoms with Crippen molar-refractivity contribution in [2.24, 2.45) is 0 Å². The van der Waals surface area contributed by atoms with Crippen molar-refractivity contribution in [3.8, 4) is 0 Å². The Morgan fingerprint density at radius 1 is 1.21 bits per heavy atom. The number of fused-ring (bicyclic) bond motifs is 1. The Morgan fingerprint density at radius 3 is 2.63 bits per heavy atom. The van der Waals surface area contributed by atoms with Crippen LogP contribution in [0.5, 0.6) is 0 Å². The molecule has 0 radical (unpaired) electrons. The summed E-state index contributed by atoms with van der Waals surface area (Å²) >= 11 is 11.9. The maximum absolute atomic E-state index is 11.9. The normalized spacial score (nSPS) is 12.3. The first kappa shape index (κ1) is 14.5. The lowest BCUT2D eigenvalue weighted by molar-refractivity contribution is -0.174. The summed E-state index contributed by atoms with van der Waals surface area (Å²) < 4.78 is 42.1. The third-order valence-electron chi connectivity index (χ3n) is 2.55. The van der Waals surface area contributed by atoms with Gasteiger partial charge in [-0.1, -0.05) is 23.2 Å². The summed E-state index contributed by atoms with van der Waals surface area (Å²) in [4.78, 5) is 0. The van der Waals surface area contributed by atoms with Crippen LogP contribution >= 0.6 is 23.2 Å². The van der Waals surface area contributed by atoms with Crippen LogP contribution in [-0.2, 0) is 11.3 Å². The van der Waals surface area contributed by atoms with Crippen LogP contribution in [0.4, 0.5) is 13.2 Å². The zero-order chi connectivity index (χ0) is 14.0. The van der Waals surface area contributed by atoms with E-state index in [1.807, 2.05) is 0 Å². The Hall–Kier alpha value is -0.910. The molecule has 0 aliphatic carbocycles. The standard InChI is InChI=1S/C12H10Cl2F3NO/c13-8-5-10(14)9-1-2-18(11(9)6-8)3-4-19-7-12(15,16)17/h1-2,5-6H,3-4,7H2. The topological polar surface area (TPSA) is 14.2 Å². The molecule has 0 saturated carbocycles. The van der Waals surface area contributed by atoms with E-state index in [4.69, 9.17) is 23.2 Å². The second-order valence-electron chi connectivity index (χ2n) is 4.00. The number of aromatic nitrogens is 1. The zero-order valence-electron chi connectivity index (χ0n) is 9.68. The van der Waals surface area contributed by atoms with E-state index in [-0.39, 0.29) is 6.61 Å². The van der Waals surface area contributed by atoms with Crippen LogP contribution in [0, 0.1) is 0 Å². The Morgan fingerprint density at radius 2 is 1.95 bits per heavy atom. The first-order valence-electron chi connectivity index (χ1n) is 5.45. The summed E-state index contributed by atoms with van der Waals surface area (Å²) in [5, 5.41) is 1.80. The molecule has 0 fully saturated rings. The lowest BCUT2D eigenvalue weighted by Gasteiger charge is -2.09. The van der Waals surface area contributed by atoms with Crippen LogP contribution in [0.2, 0.25) is 10.0 Å². The molecule has 0 saturated heterocycles. The quantitative estimate of drug-likeness (QED) is 0.757. The SMILES string of the molecule is FC(F)(F)COCCn1ccc2c(Cl)cc(Cl)cc21. The van der Waals surface area contributed by atoms with Gasteiger partial charge in [0, 0.05) is 23.2 Å². The molecule has 7 heteroatoms. The van der Waals surface area contributed by atoms with Crippen LogP contribution < -0.4 is 0 Å². The van der Waals surface area contributed by atoms with Crippen LogP contribution in [0.15, 0.2) is 24.4 Å². The van der Waals surface area contributed by atoms with Crippen LogP contribution in [0.3, 0.4) is 0 Å². The van der Waals surface area contributed by atoms with Gasteiger partial charge in [0.05, 0.1) is 17.1 Å². The van der Waals surface area contributed by atoms with Gasteiger partial charge in [0.15, 0.2) is 0 Å². The van der Waals surface area contributed by atoms with Crippen molar-refractivity contribution in [1.82, 2.24) is 4.57 Å². The number of halogens is 5. The van der Waals surface area contributed by atoms with Gasteiger partial charge in [-0.2, -0.15) is 13.2 Å². The van der Waals surface area contributed by atoms with Crippen molar-refractivity contribution in [3.05, 3.63) is 34.4 Å². The van der Waals surface area contributed by atoms with E-state index in [0.29, 0.717) is 16.6 Å². The zero-order valence-corrected chi connectivity index (χ0v) is 11.2. The molecule has 0 unspecified atom stereocenters. The van der Waals surface area contributed by atoms with Crippen LogP contribution in [0.25, 0.3) is 10.9 Å². The number of hydrogen-bond donors (Lipinski definition) is 0. The highest BCUT2D eigenvalue weighted by Crippen LogP contribution is 2.28. The molecule has 2 aromatic rings. The predicted octanol–water partition coefficient (Wildman–Crippen LogP) is 4.53. The van der Waals surface area contributed by atoms with E-state index in [0.717, 1.165) is 10.9 Å². The van der Waals surface area contributed by atoms with Crippen molar-refractivity contribution < 1.29 is 17.9 Å². The molecule has 19 heavy (non-hydrogen) atoms. The minimum atomic E-state index is -4.30. The van der Waals surface area contributed by atoms with Crippen molar-refractivity contribution in [2.75, 3.05) is 13.2 Å². The van der Waals surface area contributed by atoms with Crippen molar-refractivity contribution >= 4 is 34.1 Å². The molecule has 1 heterocycles. The summed E-state index contributed by atoms with van der Waals surface area (Å²) in [5.74, 6) is 0. The molecular formula is C12H10Cl2F3NO. The summed E-state index contributed by atoms with van der Waals surface area (Å²) in [6.45, 7) is -0.975. The molecule has 0 aliphatic rings. The Labute approximate surface area is 117 Å². The lowest BCUT2D eigenvalue weighted by Crippen LogP contribution is -2.18. The van der Waals surface area contributed by atoms with Gasteiger partial charge in [0.1, 0.15) is 6.61 Å². The second-order valence-corrected chi connectivity index (χ2v) is 4.84. The lowest BCUT2D eigenvalue weighted by atomic mass is 10.2. The second kappa shape index (κ2) is 5.61. The van der Waals surface area contributed by atoms with Crippen molar-refractivity contribution in [1.29, 1.82) is 0 Å². The molecule has 0 atom stereocenters. The smallest absolute Gasteiger partial charge is 0.370 e. The van der Waals surface area contributed by atoms with E-state index < -0.39 is 12.8 Å². The molecule has 1 aromatic heterocycles. The highest BCUT2D eigenvalue weighted by atomic mass is 35.5. The van der Waals surface area contributed by atoms with Crippen molar-refractivity contribution in [3.63, 3.8) is 0 Å². The molecule has 0 N–H and O–H groups in total. The summed E-state index contributed by atoms with van der Waals surface area (Å²) in [7, 11) is 0. The summed E-state index contributed by atoms with van der Waals surface area (Å²) in [5.41, 5.74) is 0.771. The van der Waals surface area contributed by atoms with Gasteiger partial charge in [-0.15, -0.1) is 0 Å². The maximum Gasteiger partial charge on any atom is 0.411 e. The molecule has 1 aromatic carbocycles. The fourth-order valence-corrected chi connectivity index (χ4v) is 2.31. The molecule has 0 spiro atoms. The van der Waals surface area contributed by atoms with Crippen LogP contribution in [0.1, 0.15) is 0 Å². The third kappa shape index (κ3) is 3.78. The first-order valence-corrected chi connectivity index (χ1v) is 6.21. The van der Waals surface area contributed by atoms with Crippen LogP contribution in [-0.4, -0.2) is 24.0 Å². The average molecular weight is 312 g/mol. The number of nitrogens with zero attached hydrogens (tertiary/aromatic N) is 1. The van der Waals surface area contributed by atoms with Gasteiger partial charge in [-0.25, -0.2) is 0 Å². The molecule has 0 aliphatic heterocycles. The van der Waals surface area contributed by atoms with Gasteiger partial charge in [-0.05, 0) is 18.2 Å². The fourth-order valence-electron chi connectivity index (χ4n) is 1.76. The number of ether oxygens (including phenoxy) is 1. The molecule has 2 rings (SSSR count). The predicted molar refractivity (Wildman–Crippen MR) is 68.8 cm³/mol. The molecule has 2 nitrogen and oxygen atoms in total. The number of benzene rings is 1. The molecule has 104 valence electrons. The van der Waals surface area contributed by atoms with Crippen molar-refractivity contribution in [2.45, 2.75) is 12.7 Å². The number of rotatable bonds is 4. The van der Waals surface area contributed by atoms with Gasteiger partial charge < -0.3 is 9.30 Å². The minimum absolute atomic E-state index is 0.0343. The number of hydrogen-bond acceptors (Lipinski definition) is 1. The molecule has 0 amide bonds. The van der Waals surface area contributed by atoms with Gasteiger partial charge in [0.25, 0.3) is 0 Å². The monoisotopic (exact) mass is 311 g/mol.